The standard InChI is InChI=1S/C15H11ClN2O5/c1-15(6-17)9-3-2-7(16)4-8(9)12(21)11(13(15)22)14(23)18-5-10(19)20/h2-4,21H,5H2,1H3,(H,18,23)(H,19,20)/t15-/m1/s1. The number of nitriles is 1. The molecule has 0 saturated heterocycles. The van der Waals surface area contributed by atoms with Crippen molar-refractivity contribution >= 4 is 35.0 Å². The van der Waals surface area contributed by atoms with Crippen LogP contribution in [0.3, 0.4) is 0 Å². The van der Waals surface area contributed by atoms with Gasteiger partial charge in [0.05, 0.1) is 6.07 Å². The smallest absolute Gasteiger partial charge is 0.322 e. The molecule has 23 heavy (non-hydrogen) atoms. The normalized spacial score (nSPS) is 19.8. The minimum absolute atomic E-state index is 0.0848. The monoisotopic (exact) mass is 334 g/mol. The fraction of sp³-hybridized carbons (Fsp3) is 0.200. The molecule has 118 valence electrons. The summed E-state index contributed by atoms with van der Waals surface area (Å²) in [5, 5.41) is 30.5. The second kappa shape index (κ2) is 5.74. The van der Waals surface area contributed by atoms with Gasteiger partial charge in [0.1, 0.15) is 23.3 Å². The molecule has 0 unspecified atom stereocenters. The Bertz CT molecular complexity index is 809. The average molecular weight is 335 g/mol. The summed E-state index contributed by atoms with van der Waals surface area (Å²) in [5.41, 5.74) is -2.05. The largest absolute Gasteiger partial charge is 0.506 e. The van der Waals surface area contributed by atoms with Crippen LogP contribution in [-0.4, -0.2) is 34.4 Å². The summed E-state index contributed by atoms with van der Waals surface area (Å²) in [6.45, 7) is 0.591. The number of nitrogens with zero attached hydrogens (tertiary/aromatic N) is 1. The van der Waals surface area contributed by atoms with Crippen molar-refractivity contribution in [3.8, 4) is 6.07 Å². The Kier molecular flexibility index (Phi) is 4.12. The van der Waals surface area contributed by atoms with Crippen molar-refractivity contribution in [1.29, 1.82) is 5.26 Å². The molecule has 1 atom stereocenters. The van der Waals surface area contributed by atoms with Gasteiger partial charge in [-0.3, -0.25) is 14.4 Å². The van der Waals surface area contributed by atoms with E-state index in [1.54, 1.807) is 0 Å². The van der Waals surface area contributed by atoms with E-state index in [1.807, 2.05) is 11.4 Å². The Morgan fingerprint density at radius 2 is 2.09 bits per heavy atom. The van der Waals surface area contributed by atoms with Crippen molar-refractivity contribution < 1.29 is 24.6 Å². The number of nitrogens with one attached hydrogen (secondary N) is 1. The molecule has 7 nitrogen and oxygen atoms in total. The Balaban J connectivity index is 2.64. The van der Waals surface area contributed by atoms with Gasteiger partial charge in [-0.05, 0) is 24.6 Å². The van der Waals surface area contributed by atoms with Crippen molar-refractivity contribution in [2.75, 3.05) is 6.54 Å². The molecule has 0 fully saturated rings. The molecule has 1 amide bonds. The maximum atomic E-state index is 12.5. The topological polar surface area (TPSA) is 127 Å². The summed E-state index contributed by atoms with van der Waals surface area (Å²) in [7, 11) is 0. The zero-order valence-corrected chi connectivity index (χ0v) is 12.6. The van der Waals surface area contributed by atoms with E-state index in [2.05, 4.69) is 0 Å². The number of carbonyl (C=O) groups is 3. The van der Waals surface area contributed by atoms with Crippen molar-refractivity contribution in [3.63, 3.8) is 0 Å². The number of fused-ring (bicyclic) bond motifs is 1. The van der Waals surface area contributed by atoms with Crippen LogP contribution in [0.5, 0.6) is 0 Å². The number of hydrogen-bond acceptors (Lipinski definition) is 5. The van der Waals surface area contributed by atoms with E-state index >= 15 is 0 Å². The molecule has 0 saturated carbocycles. The van der Waals surface area contributed by atoms with Gasteiger partial charge in [-0.1, -0.05) is 17.7 Å². The Morgan fingerprint density at radius 1 is 1.43 bits per heavy atom. The van der Waals surface area contributed by atoms with Gasteiger partial charge >= 0.3 is 5.97 Å². The third-order valence-corrected chi connectivity index (χ3v) is 3.78. The minimum Gasteiger partial charge on any atom is -0.506 e. The Labute approximate surface area is 135 Å². The molecule has 1 aliphatic carbocycles. The summed E-state index contributed by atoms with van der Waals surface area (Å²) < 4.78 is 0. The zero-order valence-electron chi connectivity index (χ0n) is 11.9. The molecule has 0 aromatic heterocycles. The molecular weight excluding hydrogens is 324 g/mol. The maximum absolute atomic E-state index is 12.5. The van der Waals surface area contributed by atoms with Gasteiger partial charge in [0, 0.05) is 10.6 Å². The Hall–Kier alpha value is -2.85. The van der Waals surface area contributed by atoms with Gasteiger partial charge in [-0.2, -0.15) is 5.26 Å². The van der Waals surface area contributed by atoms with E-state index in [0.29, 0.717) is 0 Å². The summed E-state index contributed by atoms with van der Waals surface area (Å²) in [6, 6.07) is 6.07. The highest BCUT2D eigenvalue weighted by Crippen LogP contribution is 2.40. The minimum atomic E-state index is -1.69. The number of rotatable bonds is 3. The molecule has 0 heterocycles. The summed E-state index contributed by atoms with van der Waals surface area (Å²) >= 11 is 5.86. The van der Waals surface area contributed by atoms with Gasteiger partial charge in [-0.25, -0.2) is 0 Å². The predicted octanol–water partition coefficient (Wildman–Crippen LogP) is 1.17. The molecular formula is C15H11ClN2O5. The Morgan fingerprint density at radius 3 is 2.65 bits per heavy atom. The number of carbonyl (C=O) groups excluding carboxylic acids is 2. The van der Waals surface area contributed by atoms with Gasteiger partial charge in [0.25, 0.3) is 5.91 Å². The first-order valence-corrected chi connectivity index (χ1v) is 6.80. The van der Waals surface area contributed by atoms with Crippen LogP contribution in [0.25, 0.3) is 5.76 Å². The molecule has 1 aromatic carbocycles. The number of benzene rings is 1. The molecule has 0 aliphatic heterocycles. The fourth-order valence-electron chi connectivity index (χ4n) is 2.33. The highest BCUT2D eigenvalue weighted by molar-refractivity contribution is 6.32. The van der Waals surface area contributed by atoms with E-state index in [9.17, 15) is 24.8 Å². The number of hydrogen-bond donors (Lipinski definition) is 3. The van der Waals surface area contributed by atoms with Crippen molar-refractivity contribution in [3.05, 3.63) is 39.9 Å². The van der Waals surface area contributed by atoms with E-state index in [1.165, 1.54) is 25.1 Å². The molecule has 8 heteroatoms. The second-order valence-electron chi connectivity index (χ2n) is 5.06. The highest BCUT2D eigenvalue weighted by atomic mass is 35.5. The predicted molar refractivity (Wildman–Crippen MR) is 79.6 cm³/mol. The molecule has 0 radical (unpaired) electrons. The van der Waals surface area contributed by atoms with Crippen LogP contribution >= 0.6 is 11.6 Å². The third kappa shape index (κ3) is 2.64. The molecule has 0 bridgehead atoms. The number of aliphatic hydroxyl groups excluding tert-OH is 1. The quantitative estimate of drug-likeness (QED) is 0.712. The van der Waals surface area contributed by atoms with Gasteiger partial charge in [0.2, 0.25) is 0 Å². The zero-order chi connectivity index (χ0) is 17.4. The maximum Gasteiger partial charge on any atom is 0.322 e. The molecule has 1 aromatic rings. The number of ketones is 1. The molecule has 2 rings (SSSR count). The van der Waals surface area contributed by atoms with Crippen LogP contribution in [-0.2, 0) is 19.8 Å². The molecule has 1 aliphatic rings. The van der Waals surface area contributed by atoms with E-state index in [4.69, 9.17) is 16.7 Å². The lowest BCUT2D eigenvalue weighted by Crippen LogP contribution is -2.43. The first-order chi connectivity index (χ1) is 10.7. The van der Waals surface area contributed by atoms with Crippen molar-refractivity contribution in [2.24, 2.45) is 0 Å². The second-order valence-corrected chi connectivity index (χ2v) is 5.49. The molecule has 0 spiro atoms. The van der Waals surface area contributed by atoms with Crippen LogP contribution in [0.1, 0.15) is 18.1 Å². The van der Waals surface area contributed by atoms with Crippen molar-refractivity contribution in [1.82, 2.24) is 5.32 Å². The van der Waals surface area contributed by atoms with Crippen LogP contribution < -0.4 is 5.32 Å². The van der Waals surface area contributed by atoms with Crippen molar-refractivity contribution in [2.45, 2.75) is 12.3 Å². The van der Waals surface area contributed by atoms with Gasteiger partial charge in [-0.15, -0.1) is 0 Å². The highest BCUT2D eigenvalue weighted by Gasteiger charge is 2.47. The number of Topliss-reactive ketones (excluding diaryl/α,β-unsaturated/α-hetero) is 1. The van der Waals surface area contributed by atoms with Crippen LogP contribution in [0.4, 0.5) is 0 Å². The lowest BCUT2D eigenvalue weighted by atomic mass is 9.70. The van der Waals surface area contributed by atoms with Gasteiger partial charge in [0.15, 0.2) is 5.78 Å². The number of carboxylic acid groups (broad SMARTS) is 1. The van der Waals surface area contributed by atoms with Crippen LogP contribution in [0.15, 0.2) is 23.8 Å². The van der Waals surface area contributed by atoms with E-state index < -0.39 is 41.0 Å². The number of aliphatic hydroxyl groups is 1. The fourth-order valence-corrected chi connectivity index (χ4v) is 2.50. The lowest BCUT2D eigenvalue weighted by molar-refractivity contribution is -0.137. The first kappa shape index (κ1) is 16.5. The average Bonchev–Trinajstić information content (AvgIpc) is 2.50. The lowest BCUT2D eigenvalue weighted by Gasteiger charge is -2.29. The summed E-state index contributed by atoms with van der Waals surface area (Å²) in [6.07, 6.45) is 0. The number of amides is 1. The number of carboxylic acids is 1. The third-order valence-electron chi connectivity index (χ3n) is 3.54. The number of halogens is 1. The first-order valence-electron chi connectivity index (χ1n) is 6.42. The van der Waals surface area contributed by atoms with E-state index in [0.717, 1.165) is 0 Å². The van der Waals surface area contributed by atoms with Crippen LogP contribution in [0, 0.1) is 11.3 Å². The van der Waals surface area contributed by atoms with E-state index in [-0.39, 0.29) is 16.1 Å². The van der Waals surface area contributed by atoms with Gasteiger partial charge < -0.3 is 15.5 Å². The molecule has 3 N–H and O–H groups in total. The summed E-state index contributed by atoms with van der Waals surface area (Å²) in [4.78, 5) is 35.1. The SMILES string of the molecule is C[C@]1(C#N)C(=O)C(C(=O)NCC(=O)O)=C(O)c2cc(Cl)ccc21. The van der Waals surface area contributed by atoms with Crippen LogP contribution in [0.2, 0.25) is 5.02 Å². The number of aliphatic carboxylic acids is 1. The summed E-state index contributed by atoms with van der Waals surface area (Å²) in [5.74, 6) is -3.92.